The molecule has 1 aromatic rings. The summed E-state index contributed by atoms with van der Waals surface area (Å²) in [7, 11) is 0. The molecular formula is C20H25NO5. The third-order valence-electron chi connectivity index (χ3n) is 4.93. The first-order valence-electron chi connectivity index (χ1n) is 9.22. The third kappa shape index (κ3) is 4.85. The van der Waals surface area contributed by atoms with Crippen LogP contribution in [0.5, 0.6) is 5.75 Å². The molecule has 2 N–H and O–H groups in total. The largest absolute Gasteiger partial charge is 0.489 e. The smallest absolute Gasteiger partial charge is 0.331 e. The summed E-state index contributed by atoms with van der Waals surface area (Å²) in [6.45, 7) is 1.13. The Kier molecular flexibility index (Phi) is 6.28. The van der Waals surface area contributed by atoms with Crippen LogP contribution < -0.4 is 10.1 Å². The second-order valence-electron chi connectivity index (χ2n) is 6.76. The number of carbonyl (C=O) groups is 2. The summed E-state index contributed by atoms with van der Waals surface area (Å²) >= 11 is 0. The van der Waals surface area contributed by atoms with Crippen LogP contribution >= 0.6 is 0 Å². The molecule has 2 atom stereocenters. The molecule has 2 unspecified atom stereocenters. The number of hydrogen-bond donors (Lipinski definition) is 2. The van der Waals surface area contributed by atoms with E-state index in [-0.39, 0.29) is 12.6 Å². The maximum Gasteiger partial charge on any atom is 0.331 e. The predicted molar refractivity (Wildman–Crippen MR) is 96.3 cm³/mol. The molecule has 0 amide bonds. The van der Waals surface area contributed by atoms with E-state index in [4.69, 9.17) is 14.6 Å². The maximum atomic E-state index is 11.9. The topological polar surface area (TPSA) is 84.9 Å². The number of rotatable bonds is 7. The van der Waals surface area contributed by atoms with Gasteiger partial charge in [0, 0.05) is 18.2 Å². The Morgan fingerprint density at radius 2 is 2.12 bits per heavy atom. The maximum absolute atomic E-state index is 11.9. The molecule has 1 saturated heterocycles. The Bertz CT molecular complexity index is 679. The summed E-state index contributed by atoms with van der Waals surface area (Å²) in [4.78, 5) is 22.5. The van der Waals surface area contributed by atoms with E-state index in [1.807, 2.05) is 12.1 Å². The fourth-order valence-corrected chi connectivity index (χ4v) is 3.65. The molecule has 6 nitrogen and oxygen atoms in total. The SMILES string of the molecule is O=C(O)/C=C/C(=O)OC(COc1cccc2c1CCC2)C1CCCCN1. The van der Waals surface area contributed by atoms with Gasteiger partial charge in [0.1, 0.15) is 12.4 Å². The molecule has 0 aromatic heterocycles. The van der Waals surface area contributed by atoms with Gasteiger partial charge in [0.2, 0.25) is 0 Å². The van der Waals surface area contributed by atoms with Gasteiger partial charge in [-0.25, -0.2) is 9.59 Å². The second-order valence-corrected chi connectivity index (χ2v) is 6.76. The van der Waals surface area contributed by atoms with Crippen molar-refractivity contribution in [1.29, 1.82) is 0 Å². The highest BCUT2D eigenvalue weighted by molar-refractivity contribution is 5.90. The zero-order valence-corrected chi connectivity index (χ0v) is 14.8. The van der Waals surface area contributed by atoms with E-state index in [0.717, 1.165) is 63.0 Å². The van der Waals surface area contributed by atoms with Gasteiger partial charge < -0.3 is 19.9 Å². The molecular weight excluding hydrogens is 334 g/mol. The van der Waals surface area contributed by atoms with Gasteiger partial charge in [0.15, 0.2) is 6.10 Å². The highest BCUT2D eigenvalue weighted by Gasteiger charge is 2.27. The van der Waals surface area contributed by atoms with Crippen LogP contribution in [0.1, 0.15) is 36.8 Å². The zero-order valence-electron chi connectivity index (χ0n) is 14.8. The van der Waals surface area contributed by atoms with Crippen molar-refractivity contribution in [2.45, 2.75) is 50.7 Å². The number of hydrogen-bond acceptors (Lipinski definition) is 5. The Labute approximate surface area is 153 Å². The molecule has 1 aliphatic carbocycles. The molecule has 3 rings (SSSR count). The van der Waals surface area contributed by atoms with Crippen LogP contribution in [0.15, 0.2) is 30.4 Å². The molecule has 0 spiro atoms. The number of esters is 1. The Morgan fingerprint density at radius 3 is 2.88 bits per heavy atom. The van der Waals surface area contributed by atoms with Crippen molar-refractivity contribution in [3.8, 4) is 5.75 Å². The summed E-state index contributed by atoms with van der Waals surface area (Å²) in [6.07, 6.45) is 7.57. The molecule has 140 valence electrons. The van der Waals surface area contributed by atoms with Crippen molar-refractivity contribution in [2.75, 3.05) is 13.2 Å². The molecule has 26 heavy (non-hydrogen) atoms. The predicted octanol–water partition coefficient (Wildman–Crippen LogP) is 2.25. The van der Waals surface area contributed by atoms with Gasteiger partial charge in [0.25, 0.3) is 0 Å². The summed E-state index contributed by atoms with van der Waals surface area (Å²) in [5.41, 5.74) is 2.58. The third-order valence-corrected chi connectivity index (χ3v) is 4.93. The Hall–Kier alpha value is -2.34. The van der Waals surface area contributed by atoms with Gasteiger partial charge in [0.05, 0.1) is 0 Å². The van der Waals surface area contributed by atoms with E-state index in [0.29, 0.717) is 0 Å². The van der Waals surface area contributed by atoms with Gasteiger partial charge in [-0.05, 0) is 55.8 Å². The minimum absolute atomic E-state index is 0.0164. The lowest BCUT2D eigenvalue weighted by Crippen LogP contribution is -2.47. The fraction of sp³-hybridized carbons (Fsp3) is 0.500. The van der Waals surface area contributed by atoms with Crippen molar-refractivity contribution in [1.82, 2.24) is 5.32 Å². The van der Waals surface area contributed by atoms with Crippen LogP contribution in [0, 0.1) is 0 Å². The number of ether oxygens (including phenoxy) is 2. The van der Waals surface area contributed by atoms with Crippen LogP contribution in [0.3, 0.4) is 0 Å². The average Bonchev–Trinajstić information content (AvgIpc) is 3.13. The number of nitrogens with one attached hydrogen (secondary N) is 1. The lowest BCUT2D eigenvalue weighted by atomic mass is 10.00. The first-order valence-corrected chi connectivity index (χ1v) is 9.22. The monoisotopic (exact) mass is 359 g/mol. The minimum atomic E-state index is -1.18. The second kappa shape index (κ2) is 8.85. The molecule has 6 heteroatoms. The van der Waals surface area contributed by atoms with E-state index >= 15 is 0 Å². The Morgan fingerprint density at radius 1 is 1.23 bits per heavy atom. The number of piperidine rings is 1. The highest BCUT2D eigenvalue weighted by atomic mass is 16.6. The number of carboxylic acid groups (broad SMARTS) is 1. The van der Waals surface area contributed by atoms with Crippen LogP contribution in [0.2, 0.25) is 0 Å². The highest BCUT2D eigenvalue weighted by Crippen LogP contribution is 2.30. The van der Waals surface area contributed by atoms with Crippen molar-refractivity contribution in [2.24, 2.45) is 0 Å². The molecule has 1 heterocycles. The lowest BCUT2D eigenvalue weighted by Gasteiger charge is -2.30. The average molecular weight is 359 g/mol. The normalized spacial score (nSPS) is 20.5. The summed E-state index contributed by atoms with van der Waals surface area (Å²) in [5, 5.41) is 12.0. The van der Waals surface area contributed by atoms with Crippen LogP contribution in [-0.2, 0) is 27.2 Å². The minimum Gasteiger partial charge on any atom is -0.489 e. The van der Waals surface area contributed by atoms with Crippen molar-refractivity contribution < 1.29 is 24.2 Å². The van der Waals surface area contributed by atoms with E-state index in [9.17, 15) is 9.59 Å². The van der Waals surface area contributed by atoms with Gasteiger partial charge >= 0.3 is 11.9 Å². The molecule has 1 aliphatic heterocycles. The Balaban J connectivity index is 1.66. The standard InChI is InChI=1S/C20H25NO5/c22-19(23)10-11-20(24)26-18(16-8-1-2-12-21-16)13-25-17-9-4-6-14-5-3-7-15(14)17/h4,6,9-11,16,18,21H,1-3,5,7-8,12-13H2,(H,22,23)/b11-10+. The fourth-order valence-electron chi connectivity index (χ4n) is 3.65. The molecule has 1 fully saturated rings. The first-order chi connectivity index (χ1) is 12.6. The van der Waals surface area contributed by atoms with E-state index in [1.165, 1.54) is 11.1 Å². The van der Waals surface area contributed by atoms with E-state index < -0.39 is 18.0 Å². The number of aliphatic carboxylic acids is 1. The van der Waals surface area contributed by atoms with Crippen molar-refractivity contribution >= 4 is 11.9 Å². The number of carboxylic acids is 1. The number of aryl methyl sites for hydroxylation is 1. The molecule has 0 saturated carbocycles. The molecule has 1 aromatic carbocycles. The first kappa shape index (κ1) is 18.5. The van der Waals surface area contributed by atoms with Gasteiger partial charge in [-0.1, -0.05) is 18.6 Å². The van der Waals surface area contributed by atoms with Crippen LogP contribution in [-0.4, -0.2) is 42.3 Å². The van der Waals surface area contributed by atoms with E-state index in [2.05, 4.69) is 11.4 Å². The molecule has 2 aliphatic rings. The van der Waals surface area contributed by atoms with Crippen LogP contribution in [0.4, 0.5) is 0 Å². The molecule has 0 radical (unpaired) electrons. The number of fused-ring (bicyclic) bond motifs is 1. The molecule has 0 bridgehead atoms. The number of benzene rings is 1. The van der Waals surface area contributed by atoms with Crippen molar-refractivity contribution in [3.63, 3.8) is 0 Å². The van der Waals surface area contributed by atoms with Crippen molar-refractivity contribution in [3.05, 3.63) is 41.5 Å². The van der Waals surface area contributed by atoms with Gasteiger partial charge in [-0.15, -0.1) is 0 Å². The van der Waals surface area contributed by atoms with Gasteiger partial charge in [-0.3, -0.25) is 0 Å². The summed E-state index contributed by atoms with van der Waals surface area (Å²) in [6, 6.07) is 6.10. The summed E-state index contributed by atoms with van der Waals surface area (Å²) in [5.74, 6) is -0.977. The quantitative estimate of drug-likeness (QED) is 0.574. The lowest BCUT2D eigenvalue weighted by molar-refractivity contribution is -0.147. The number of carbonyl (C=O) groups excluding carboxylic acids is 1. The van der Waals surface area contributed by atoms with Crippen LogP contribution in [0.25, 0.3) is 0 Å². The zero-order chi connectivity index (χ0) is 18.4. The van der Waals surface area contributed by atoms with E-state index in [1.54, 1.807) is 0 Å². The summed E-state index contributed by atoms with van der Waals surface area (Å²) < 4.78 is 11.5. The van der Waals surface area contributed by atoms with Gasteiger partial charge in [-0.2, -0.15) is 0 Å².